The van der Waals surface area contributed by atoms with Gasteiger partial charge in [0.05, 0.1) is 10.7 Å². The van der Waals surface area contributed by atoms with Crippen molar-refractivity contribution in [3.63, 3.8) is 0 Å². The Hall–Kier alpha value is -0.400. The zero-order valence-corrected chi connectivity index (χ0v) is 12.0. The minimum Gasteiger partial charge on any atom is -0.381 e. The lowest BCUT2D eigenvalue weighted by Gasteiger charge is -2.52. The molecular weight excluding hydrogens is 265 g/mol. The van der Waals surface area contributed by atoms with E-state index < -0.39 is 0 Å². The lowest BCUT2D eigenvalue weighted by Crippen LogP contribution is -2.50. The molecule has 0 saturated heterocycles. The normalized spacial score (nSPS) is 25.8. The second-order valence-corrected chi connectivity index (χ2v) is 6.63. The molecule has 2 aliphatic carbocycles. The molecule has 18 heavy (non-hydrogen) atoms. The first-order valence-corrected chi connectivity index (χ1v) is 7.67. The first kappa shape index (κ1) is 12.6. The smallest absolute Gasteiger partial charge is 0.0638 e. The van der Waals surface area contributed by atoms with Crippen LogP contribution in [0.1, 0.15) is 44.9 Å². The van der Waals surface area contributed by atoms with Crippen molar-refractivity contribution in [2.24, 2.45) is 5.41 Å². The Morgan fingerprint density at radius 2 is 1.83 bits per heavy atom. The Morgan fingerprint density at radius 1 is 1.06 bits per heavy atom. The van der Waals surface area contributed by atoms with Crippen LogP contribution in [0.5, 0.6) is 0 Å². The fourth-order valence-electron chi connectivity index (χ4n) is 3.57. The van der Waals surface area contributed by atoms with Crippen LogP contribution in [0.3, 0.4) is 0 Å². The predicted octanol–water partition coefficient (Wildman–Crippen LogP) is 5.52. The predicted molar refractivity (Wildman–Crippen MR) is 78.6 cm³/mol. The van der Waals surface area contributed by atoms with Gasteiger partial charge in [0.15, 0.2) is 0 Å². The molecule has 3 rings (SSSR count). The summed E-state index contributed by atoms with van der Waals surface area (Å²) in [6.45, 7) is 0. The van der Waals surface area contributed by atoms with Gasteiger partial charge in [0.25, 0.3) is 0 Å². The van der Waals surface area contributed by atoms with Crippen molar-refractivity contribution in [2.75, 3.05) is 5.32 Å². The quantitative estimate of drug-likeness (QED) is 0.754. The maximum Gasteiger partial charge on any atom is 0.0638 e. The van der Waals surface area contributed by atoms with Crippen LogP contribution in [-0.2, 0) is 0 Å². The molecule has 1 N–H and O–H groups in total. The topological polar surface area (TPSA) is 12.0 Å². The molecule has 2 aliphatic rings. The van der Waals surface area contributed by atoms with E-state index in [0.29, 0.717) is 11.5 Å². The number of benzene rings is 1. The number of hydrogen-bond donors (Lipinski definition) is 1. The van der Waals surface area contributed by atoms with Crippen LogP contribution < -0.4 is 5.32 Å². The molecule has 0 bridgehead atoms. The van der Waals surface area contributed by atoms with Crippen molar-refractivity contribution in [2.45, 2.75) is 51.0 Å². The fraction of sp³-hybridized carbons (Fsp3) is 0.600. The summed E-state index contributed by atoms with van der Waals surface area (Å²) >= 11 is 12.3. The minimum atomic E-state index is 0.546. The summed E-state index contributed by atoms with van der Waals surface area (Å²) in [7, 11) is 0. The third-order valence-corrected chi connectivity index (χ3v) is 5.34. The van der Waals surface area contributed by atoms with E-state index in [0.717, 1.165) is 15.7 Å². The molecule has 0 aromatic heterocycles. The third kappa shape index (κ3) is 2.23. The van der Waals surface area contributed by atoms with Gasteiger partial charge in [-0.25, -0.2) is 0 Å². The zero-order chi connectivity index (χ0) is 12.6. The van der Waals surface area contributed by atoms with Crippen LogP contribution in [0.4, 0.5) is 5.69 Å². The molecule has 2 fully saturated rings. The lowest BCUT2D eigenvalue weighted by atomic mass is 9.57. The summed E-state index contributed by atoms with van der Waals surface area (Å²) in [6, 6.07) is 6.25. The van der Waals surface area contributed by atoms with Gasteiger partial charge >= 0.3 is 0 Å². The van der Waals surface area contributed by atoms with E-state index in [1.54, 1.807) is 0 Å². The molecule has 3 heteroatoms. The van der Waals surface area contributed by atoms with Crippen LogP contribution in [0.25, 0.3) is 0 Å². The Balaban J connectivity index is 1.74. The average molecular weight is 284 g/mol. The molecule has 1 spiro atoms. The highest BCUT2D eigenvalue weighted by atomic mass is 35.5. The van der Waals surface area contributed by atoms with Crippen LogP contribution >= 0.6 is 23.2 Å². The maximum atomic E-state index is 6.23. The Bertz CT molecular complexity index is 438. The zero-order valence-electron chi connectivity index (χ0n) is 10.5. The number of anilines is 1. The molecular formula is C15H19Cl2N. The van der Waals surface area contributed by atoms with Crippen LogP contribution in [0.15, 0.2) is 18.2 Å². The standard InChI is InChI=1S/C15H19Cl2N/c16-11-4-5-12(17)13(10-11)18-14-6-9-15(14)7-2-1-3-8-15/h4-5,10,14,18H,1-3,6-9H2. The molecule has 0 aliphatic heterocycles. The van der Waals surface area contributed by atoms with Crippen LogP contribution in [0.2, 0.25) is 10.0 Å². The summed E-state index contributed by atoms with van der Waals surface area (Å²) in [5.41, 5.74) is 1.54. The second kappa shape index (κ2) is 4.94. The highest BCUT2D eigenvalue weighted by Gasteiger charge is 2.46. The van der Waals surface area contributed by atoms with E-state index in [-0.39, 0.29) is 0 Å². The number of rotatable bonds is 2. The van der Waals surface area contributed by atoms with E-state index >= 15 is 0 Å². The summed E-state index contributed by atoms with van der Waals surface area (Å²) in [6.07, 6.45) is 9.59. The summed E-state index contributed by atoms with van der Waals surface area (Å²) in [5.74, 6) is 0. The molecule has 1 aromatic rings. The lowest BCUT2D eigenvalue weighted by molar-refractivity contribution is 0.0571. The Kier molecular flexibility index (Phi) is 3.46. The second-order valence-electron chi connectivity index (χ2n) is 5.78. The van der Waals surface area contributed by atoms with Crippen molar-refractivity contribution < 1.29 is 0 Å². The van der Waals surface area contributed by atoms with Gasteiger partial charge in [-0.05, 0) is 49.3 Å². The van der Waals surface area contributed by atoms with E-state index in [9.17, 15) is 0 Å². The van der Waals surface area contributed by atoms with E-state index in [2.05, 4.69) is 5.32 Å². The first-order valence-electron chi connectivity index (χ1n) is 6.91. The summed E-state index contributed by atoms with van der Waals surface area (Å²) in [4.78, 5) is 0. The van der Waals surface area contributed by atoms with Gasteiger partial charge in [-0.3, -0.25) is 0 Å². The van der Waals surface area contributed by atoms with Gasteiger partial charge in [0, 0.05) is 11.1 Å². The van der Waals surface area contributed by atoms with Crippen molar-refractivity contribution >= 4 is 28.9 Å². The summed E-state index contributed by atoms with van der Waals surface area (Å²) < 4.78 is 0. The van der Waals surface area contributed by atoms with Crippen molar-refractivity contribution in [3.8, 4) is 0 Å². The van der Waals surface area contributed by atoms with Gasteiger partial charge in [0.1, 0.15) is 0 Å². The van der Waals surface area contributed by atoms with Crippen molar-refractivity contribution in [3.05, 3.63) is 28.2 Å². The monoisotopic (exact) mass is 283 g/mol. The molecule has 1 aromatic carbocycles. The van der Waals surface area contributed by atoms with Gasteiger partial charge in [-0.1, -0.05) is 42.5 Å². The highest BCUT2D eigenvalue weighted by molar-refractivity contribution is 6.35. The molecule has 0 radical (unpaired) electrons. The number of hydrogen-bond acceptors (Lipinski definition) is 1. The summed E-state index contributed by atoms with van der Waals surface area (Å²) in [5, 5.41) is 5.16. The number of nitrogens with one attached hydrogen (secondary N) is 1. The first-order chi connectivity index (χ1) is 8.70. The fourth-order valence-corrected chi connectivity index (χ4v) is 3.92. The van der Waals surface area contributed by atoms with Crippen LogP contribution in [-0.4, -0.2) is 6.04 Å². The molecule has 2 saturated carbocycles. The van der Waals surface area contributed by atoms with Gasteiger partial charge in [-0.15, -0.1) is 0 Å². The van der Waals surface area contributed by atoms with Crippen molar-refractivity contribution in [1.82, 2.24) is 0 Å². The average Bonchev–Trinajstić information content (AvgIpc) is 2.39. The Labute approximate surface area is 119 Å². The van der Waals surface area contributed by atoms with Crippen LogP contribution in [0, 0.1) is 5.41 Å². The van der Waals surface area contributed by atoms with E-state index in [1.807, 2.05) is 18.2 Å². The van der Waals surface area contributed by atoms with Gasteiger partial charge < -0.3 is 5.32 Å². The molecule has 1 nitrogen and oxygen atoms in total. The molecule has 98 valence electrons. The molecule has 0 heterocycles. The minimum absolute atomic E-state index is 0.546. The number of halogens is 2. The highest BCUT2D eigenvalue weighted by Crippen LogP contribution is 2.53. The third-order valence-electron chi connectivity index (χ3n) is 4.78. The maximum absolute atomic E-state index is 6.23. The van der Waals surface area contributed by atoms with Gasteiger partial charge in [0.2, 0.25) is 0 Å². The van der Waals surface area contributed by atoms with Crippen molar-refractivity contribution in [1.29, 1.82) is 0 Å². The molecule has 1 atom stereocenters. The van der Waals surface area contributed by atoms with Gasteiger partial charge in [-0.2, -0.15) is 0 Å². The molecule has 0 amide bonds. The largest absolute Gasteiger partial charge is 0.381 e. The molecule has 1 unspecified atom stereocenters. The van der Waals surface area contributed by atoms with E-state index in [4.69, 9.17) is 23.2 Å². The van der Waals surface area contributed by atoms with E-state index in [1.165, 1.54) is 44.9 Å². The SMILES string of the molecule is Clc1ccc(Cl)c(NC2CCC23CCCCC3)c1. The Morgan fingerprint density at radius 3 is 2.50 bits per heavy atom.